The molecule has 7 aromatic rings. The minimum Gasteiger partial charge on any atom is -0.373 e. The number of rotatable bonds is 3. The molecule has 46 heavy (non-hydrogen) atoms. The van der Waals surface area contributed by atoms with Crippen LogP contribution in [0.4, 0.5) is 0 Å². The zero-order valence-electron chi connectivity index (χ0n) is 25.0. The van der Waals surface area contributed by atoms with Crippen molar-refractivity contribution in [3.63, 3.8) is 0 Å². The number of amidine groups is 1. The van der Waals surface area contributed by atoms with E-state index >= 15 is 0 Å². The molecule has 0 bridgehead atoms. The molecule has 2 heterocycles. The van der Waals surface area contributed by atoms with E-state index in [1.165, 1.54) is 54.6 Å². The molecule has 0 N–H and O–H groups in total. The summed E-state index contributed by atoms with van der Waals surface area (Å²) in [7, 11) is 0. The van der Waals surface area contributed by atoms with Gasteiger partial charge < -0.3 is 4.84 Å². The summed E-state index contributed by atoms with van der Waals surface area (Å²) in [6, 6.07) is 49.4. The van der Waals surface area contributed by atoms with Gasteiger partial charge in [-0.25, -0.2) is 4.99 Å². The van der Waals surface area contributed by atoms with Crippen molar-refractivity contribution in [3.05, 3.63) is 176 Å². The van der Waals surface area contributed by atoms with Gasteiger partial charge in [-0.3, -0.25) is 0 Å². The number of para-hydroxylation sites is 1. The lowest BCUT2D eigenvalue weighted by molar-refractivity contribution is 0.0742. The summed E-state index contributed by atoms with van der Waals surface area (Å²) >= 11 is 0. The van der Waals surface area contributed by atoms with Crippen LogP contribution >= 0.6 is 0 Å². The molecule has 9 rings (SSSR count). The van der Waals surface area contributed by atoms with Crippen molar-refractivity contribution >= 4 is 49.4 Å². The molecule has 0 spiro atoms. The normalized spacial score (nSPS) is 14.0. The zero-order valence-corrected chi connectivity index (χ0v) is 25.0. The van der Waals surface area contributed by atoms with Crippen molar-refractivity contribution < 1.29 is 4.84 Å². The lowest BCUT2D eigenvalue weighted by Crippen LogP contribution is -2.29. The zero-order chi connectivity index (χ0) is 30.6. The topological polar surface area (TPSA) is 24.8 Å². The van der Waals surface area contributed by atoms with Gasteiger partial charge in [0.05, 0.1) is 11.9 Å². The second kappa shape index (κ2) is 10.5. The molecule has 0 aromatic heterocycles. The Morgan fingerprint density at radius 3 is 1.72 bits per heavy atom. The summed E-state index contributed by atoms with van der Waals surface area (Å²) in [5.74, 6) is 1.42. The molecular weight excluding hydrogens is 560 g/mol. The molecule has 0 saturated heterocycles. The van der Waals surface area contributed by atoms with Crippen LogP contribution < -0.4 is 4.84 Å². The maximum absolute atomic E-state index is 6.41. The van der Waals surface area contributed by atoms with Crippen molar-refractivity contribution in [1.82, 2.24) is 5.06 Å². The third-order valence-corrected chi connectivity index (χ3v) is 9.04. The molecule has 3 nitrogen and oxygen atoms in total. The van der Waals surface area contributed by atoms with Crippen molar-refractivity contribution in [1.29, 1.82) is 0 Å². The van der Waals surface area contributed by atoms with Gasteiger partial charge in [0.25, 0.3) is 0 Å². The number of hydrogen-bond donors (Lipinski definition) is 0. The highest BCUT2D eigenvalue weighted by molar-refractivity contribution is 6.23. The first kappa shape index (κ1) is 26.2. The van der Waals surface area contributed by atoms with Gasteiger partial charge in [-0.15, -0.1) is 0 Å². The van der Waals surface area contributed by atoms with Gasteiger partial charge in [0.2, 0.25) is 0 Å². The molecule has 0 aliphatic carbocycles. The average Bonchev–Trinajstić information content (AvgIpc) is 3.25. The largest absolute Gasteiger partial charge is 0.373 e. The van der Waals surface area contributed by atoms with Crippen LogP contribution in [0, 0.1) is 0 Å². The number of benzene rings is 7. The summed E-state index contributed by atoms with van der Waals surface area (Å²) in [6.45, 7) is 4.20. The SMILES string of the molecule is C=C1N=C2C=CC(c3c4ccccc4c(-c4ccc(-c5ccccc5)c5ccccc45)c4ccccc34)=CN2Oc2ccccc21. The Hall–Kier alpha value is -6.19. The van der Waals surface area contributed by atoms with Crippen LogP contribution in [0.3, 0.4) is 0 Å². The van der Waals surface area contributed by atoms with Crippen LogP contribution in [0.5, 0.6) is 5.75 Å². The summed E-state index contributed by atoms with van der Waals surface area (Å²) in [5, 5.41) is 9.03. The van der Waals surface area contributed by atoms with E-state index in [1.54, 1.807) is 5.06 Å². The molecular formula is C43H28N2O. The van der Waals surface area contributed by atoms with E-state index < -0.39 is 0 Å². The second-order valence-corrected chi connectivity index (χ2v) is 11.7. The molecule has 0 atom stereocenters. The van der Waals surface area contributed by atoms with Gasteiger partial charge in [-0.05, 0) is 84.4 Å². The van der Waals surface area contributed by atoms with E-state index in [9.17, 15) is 0 Å². The standard InChI is InChI=1S/C43H28N2O/c1-28-31-15-11-12-22-40(31)46-45-27-30(23-26-41(45)44-28)42-35-18-7-9-20-37(35)43(38-21-10-8-19-36(38)42)39-25-24-32(29-13-3-2-4-14-29)33-16-5-6-17-34(33)39/h2-27H,1H2. The summed E-state index contributed by atoms with van der Waals surface area (Å²) < 4.78 is 0. The van der Waals surface area contributed by atoms with Gasteiger partial charge in [0.1, 0.15) is 0 Å². The minimum atomic E-state index is 0.681. The van der Waals surface area contributed by atoms with Crippen molar-refractivity contribution in [2.24, 2.45) is 4.99 Å². The molecule has 0 amide bonds. The molecule has 7 aromatic carbocycles. The van der Waals surface area contributed by atoms with Crippen molar-refractivity contribution in [3.8, 4) is 28.0 Å². The highest BCUT2D eigenvalue weighted by Gasteiger charge is 2.24. The molecule has 3 heteroatoms. The number of aliphatic imine (C=N–C) groups is 1. The predicted octanol–water partition coefficient (Wildman–Crippen LogP) is 11.1. The average molecular weight is 589 g/mol. The summed E-state index contributed by atoms with van der Waals surface area (Å²) in [5.41, 5.74) is 8.70. The molecule has 0 fully saturated rings. The predicted molar refractivity (Wildman–Crippen MR) is 192 cm³/mol. The Labute approximate surface area is 267 Å². The molecule has 0 unspecified atom stereocenters. The van der Waals surface area contributed by atoms with Gasteiger partial charge in [0.15, 0.2) is 11.6 Å². The van der Waals surface area contributed by atoms with E-state index in [0.29, 0.717) is 11.5 Å². The number of hydrogen-bond acceptors (Lipinski definition) is 3. The van der Waals surface area contributed by atoms with Crippen molar-refractivity contribution in [2.75, 3.05) is 0 Å². The third-order valence-electron chi connectivity index (χ3n) is 9.04. The smallest absolute Gasteiger partial charge is 0.169 e. The minimum absolute atomic E-state index is 0.681. The van der Waals surface area contributed by atoms with Gasteiger partial charge in [-0.1, -0.05) is 134 Å². The van der Waals surface area contributed by atoms with Crippen LogP contribution in [-0.2, 0) is 0 Å². The highest BCUT2D eigenvalue weighted by atomic mass is 16.7. The third kappa shape index (κ3) is 4.10. The van der Waals surface area contributed by atoms with Gasteiger partial charge in [0, 0.05) is 11.1 Å². The monoisotopic (exact) mass is 588 g/mol. The lowest BCUT2D eigenvalue weighted by atomic mass is 9.83. The summed E-state index contributed by atoms with van der Waals surface area (Å²) in [6.07, 6.45) is 6.20. The second-order valence-electron chi connectivity index (χ2n) is 11.7. The van der Waals surface area contributed by atoms with E-state index in [4.69, 9.17) is 9.83 Å². The maximum atomic E-state index is 6.41. The van der Waals surface area contributed by atoms with Crippen molar-refractivity contribution in [2.45, 2.75) is 0 Å². The van der Waals surface area contributed by atoms with Crippen LogP contribution in [0.1, 0.15) is 11.1 Å². The van der Waals surface area contributed by atoms with E-state index in [0.717, 1.165) is 22.4 Å². The van der Waals surface area contributed by atoms with E-state index in [-0.39, 0.29) is 0 Å². The molecule has 216 valence electrons. The number of hydroxylamine groups is 2. The Morgan fingerprint density at radius 1 is 0.478 bits per heavy atom. The number of fused-ring (bicyclic) bond motifs is 5. The number of allylic oxidation sites excluding steroid dienone is 2. The lowest BCUT2D eigenvalue weighted by Gasteiger charge is -2.25. The fourth-order valence-electron chi connectivity index (χ4n) is 6.99. The Bertz CT molecular complexity index is 2410. The Morgan fingerprint density at radius 2 is 1.02 bits per heavy atom. The maximum Gasteiger partial charge on any atom is 0.169 e. The molecule has 0 saturated carbocycles. The van der Waals surface area contributed by atoms with Crippen LogP contribution in [-0.4, -0.2) is 10.9 Å². The first-order valence-corrected chi connectivity index (χ1v) is 15.5. The molecule has 0 radical (unpaired) electrons. The Balaban J connectivity index is 1.29. The summed E-state index contributed by atoms with van der Waals surface area (Å²) in [4.78, 5) is 11.2. The Kier molecular flexibility index (Phi) is 5.97. The quantitative estimate of drug-likeness (QED) is 0.192. The van der Waals surface area contributed by atoms with Gasteiger partial charge in [-0.2, -0.15) is 5.06 Å². The van der Waals surface area contributed by atoms with Crippen LogP contribution in [0.25, 0.3) is 65.8 Å². The van der Waals surface area contributed by atoms with Crippen LogP contribution in [0.15, 0.2) is 169 Å². The fraction of sp³-hybridized carbons (Fsp3) is 0. The first-order chi connectivity index (χ1) is 22.7. The van der Waals surface area contributed by atoms with E-state index in [1.807, 2.05) is 36.5 Å². The van der Waals surface area contributed by atoms with E-state index in [2.05, 4.69) is 128 Å². The highest BCUT2D eigenvalue weighted by Crippen LogP contribution is 2.46. The van der Waals surface area contributed by atoms with Gasteiger partial charge >= 0.3 is 0 Å². The fourth-order valence-corrected chi connectivity index (χ4v) is 6.99. The van der Waals surface area contributed by atoms with Crippen LogP contribution in [0.2, 0.25) is 0 Å². The number of nitrogens with zero attached hydrogens (tertiary/aromatic N) is 2. The first-order valence-electron chi connectivity index (χ1n) is 15.5. The molecule has 2 aliphatic rings. The molecule has 2 aliphatic heterocycles.